The molecule has 0 spiro atoms. The summed E-state index contributed by atoms with van der Waals surface area (Å²) in [5.41, 5.74) is 7.31. The molecule has 0 unspecified atom stereocenters. The first-order valence-electron chi connectivity index (χ1n) is 4.95. The Bertz CT molecular complexity index is 494. The highest BCUT2D eigenvalue weighted by Gasteiger charge is 2.02. The third-order valence-electron chi connectivity index (χ3n) is 2.24. The van der Waals surface area contributed by atoms with E-state index in [1.807, 2.05) is 31.2 Å². The molecule has 16 heavy (non-hydrogen) atoms. The molecule has 0 radical (unpaired) electrons. The topological polar surface area (TPSA) is 26.0 Å². The average molecular weight is 233 g/mol. The molecule has 2 aromatic rings. The molecule has 2 N–H and O–H groups in total. The van der Waals surface area contributed by atoms with Crippen LogP contribution in [0.4, 0.5) is 10.1 Å². The number of nitrogens with two attached hydrogens (primary N) is 1. The number of rotatable bonds is 2. The van der Waals surface area contributed by atoms with E-state index in [1.54, 1.807) is 23.9 Å². The third-order valence-corrected chi connectivity index (χ3v) is 3.43. The van der Waals surface area contributed by atoms with E-state index in [0.717, 1.165) is 21.0 Å². The van der Waals surface area contributed by atoms with E-state index >= 15 is 0 Å². The first-order valence-corrected chi connectivity index (χ1v) is 5.76. The summed E-state index contributed by atoms with van der Waals surface area (Å²) in [6.07, 6.45) is 0. The van der Waals surface area contributed by atoms with Crippen LogP contribution in [-0.4, -0.2) is 0 Å². The van der Waals surface area contributed by atoms with Gasteiger partial charge >= 0.3 is 0 Å². The molecule has 0 saturated heterocycles. The Hall–Kier alpha value is -1.48. The lowest BCUT2D eigenvalue weighted by Gasteiger charge is -2.05. The zero-order valence-corrected chi connectivity index (χ0v) is 9.72. The van der Waals surface area contributed by atoms with Gasteiger partial charge in [0.1, 0.15) is 5.82 Å². The minimum absolute atomic E-state index is 0.195. The number of aryl methyl sites for hydroxylation is 1. The normalized spacial score (nSPS) is 10.4. The summed E-state index contributed by atoms with van der Waals surface area (Å²) in [6, 6.07) is 12.5. The Balaban J connectivity index is 2.23. The lowest BCUT2D eigenvalue weighted by Crippen LogP contribution is -1.84. The number of hydrogen-bond donors (Lipinski definition) is 1. The van der Waals surface area contributed by atoms with Crippen molar-refractivity contribution in [3.8, 4) is 0 Å². The van der Waals surface area contributed by atoms with Gasteiger partial charge in [-0.05, 0) is 55.0 Å². The average Bonchev–Trinajstić information content (AvgIpc) is 2.25. The van der Waals surface area contributed by atoms with Crippen molar-refractivity contribution < 1.29 is 4.39 Å². The zero-order valence-electron chi connectivity index (χ0n) is 8.91. The fourth-order valence-corrected chi connectivity index (χ4v) is 2.27. The molecule has 1 nitrogen and oxygen atoms in total. The maximum Gasteiger partial charge on any atom is 0.123 e. The van der Waals surface area contributed by atoms with Gasteiger partial charge in [-0.2, -0.15) is 0 Å². The molecular weight excluding hydrogens is 221 g/mol. The molecule has 0 fully saturated rings. The molecule has 0 aromatic heterocycles. The zero-order chi connectivity index (χ0) is 11.5. The van der Waals surface area contributed by atoms with Gasteiger partial charge in [0, 0.05) is 15.5 Å². The fourth-order valence-electron chi connectivity index (χ4n) is 1.39. The van der Waals surface area contributed by atoms with Gasteiger partial charge in [-0.15, -0.1) is 0 Å². The molecule has 2 rings (SSSR count). The van der Waals surface area contributed by atoms with Crippen LogP contribution >= 0.6 is 11.8 Å². The highest BCUT2D eigenvalue weighted by atomic mass is 32.2. The van der Waals surface area contributed by atoms with Gasteiger partial charge in [0.15, 0.2) is 0 Å². The van der Waals surface area contributed by atoms with Crippen molar-refractivity contribution in [3.63, 3.8) is 0 Å². The maximum atomic E-state index is 12.9. The molecule has 0 heterocycles. The molecular formula is C13H12FNS. The van der Waals surface area contributed by atoms with Crippen molar-refractivity contribution in [1.29, 1.82) is 0 Å². The van der Waals surface area contributed by atoms with E-state index < -0.39 is 0 Å². The highest BCUT2D eigenvalue weighted by Crippen LogP contribution is 2.30. The molecule has 0 amide bonds. The second kappa shape index (κ2) is 4.58. The molecule has 0 saturated carbocycles. The number of anilines is 1. The van der Waals surface area contributed by atoms with Gasteiger partial charge in [-0.25, -0.2) is 4.39 Å². The number of nitrogen functional groups attached to an aromatic ring is 1. The van der Waals surface area contributed by atoms with Gasteiger partial charge in [-0.3, -0.25) is 0 Å². The van der Waals surface area contributed by atoms with Crippen molar-refractivity contribution in [1.82, 2.24) is 0 Å². The second-order valence-corrected chi connectivity index (χ2v) is 4.70. The van der Waals surface area contributed by atoms with Crippen LogP contribution in [0.2, 0.25) is 0 Å². The predicted molar refractivity (Wildman–Crippen MR) is 66.1 cm³/mol. The number of benzene rings is 2. The molecule has 2 aromatic carbocycles. The first-order chi connectivity index (χ1) is 7.65. The van der Waals surface area contributed by atoms with Crippen LogP contribution in [0.1, 0.15) is 5.56 Å². The standard InChI is InChI=1S/C13H12FNS/c1-9-8-10(14)2-7-13(9)16-12-5-3-11(15)4-6-12/h2-8H,15H2,1H3. The van der Waals surface area contributed by atoms with Crippen LogP contribution in [0, 0.1) is 12.7 Å². The Morgan fingerprint density at radius 1 is 1.06 bits per heavy atom. The van der Waals surface area contributed by atoms with E-state index in [-0.39, 0.29) is 5.82 Å². The largest absolute Gasteiger partial charge is 0.399 e. The minimum atomic E-state index is -0.195. The molecule has 0 aliphatic rings. The van der Waals surface area contributed by atoms with Gasteiger partial charge in [-0.1, -0.05) is 11.8 Å². The van der Waals surface area contributed by atoms with Gasteiger partial charge in [0.25, 0.3) is 0 Å². The second-order valence-electron chi connectivity index (χ2n) is 3.58. The number of halogens is 1. The summed E-state index contributed by atoms with van der Waals surface area (Å²) < 4.78 is 12.9. The van der Waals surface area contributed by atoms with Crippen molar-refractivity contribution in [2.75, 3.05) is 5.73 Å². The van der Waals surface area contributed by atoms with Crippen molar-refractivity contribution >= 4 is 17.4 Å². The van der Waals surface area contributed by atoms with Gasteiger partial charge in [0.05, 0.1) is 0 Å². The molecule has 0 bridgehead atoms. The lowest BCUT2D eigenvalue weighted by molar-refractivity contribution is 0.625. The monoisotopic (exact) mass is 233 g/mol. The van der Waals surface area contributed by atoms with Crippen molar-refractivity contribution in [2.45, 2.75) is 16.7 Å². The summed E-state index contributed by atoms with van der Waals surface area (Å²) in [5.74, 6) is -0.195. The third kappa shape index (κ3) is 2.55. The van der Waals surface area contributed by atoms with Crippen LogP contribution in [0.25, 0.3) is 0 Å². The van der Waals surface area contributed by atoms with E-state index in [1.165, 1.54) is 6.07 Å². The van der Waals surface area contributed by atoms with Gasteiger partial charge < -0.3 is 5.73 Å². The SMILES string of the molecule is Cc1cc(F)ccc1Sc1ccc(N)cc1. The maximum absolute atomic E-state index is 12.9. The molecule has 0 aliphatic carbocycles. The van der Waals surface area contributed by atoms with Crippen LogP contribution in [-0.2, 0) is 0 Å². The van der Waals surface area contributed by atoms with E-state index in [2.05, 4.69) is 0 Å². The fraction of sp³-hybridized carbons (Fsp3) is 0.0769. The molecule has 0 atom stereocenters. The van der Waals surface area contributed by atoms with Crippen LogP contribution in [0.3, 0.4) is 0 Å². The van der Waals surface area contributed by atoms with E-state index in [4.69, 9.17) is 5.73 Å². The Morgan fingerprint density at radius 2 is 1.75 bits per heavy atom. The Kier molecular flexibility index (Phi) is 3.15. The van der Waals surface area contributed by atoms with Crippen molar-refractivity contribution in [3.05, 3.63) is 53.8 Å². The van der Waals surface area contributed by atoms with Crippen LogP contribution in [0.15, 0.2) is 52.3 Å². The molecule has 3 heteroatoms. The first kappa shape index (κ1) is 11.0. The molecule has 82 valence electrons. The quantitative estimate of drug-likeness (QED) is 0.797. The summed E-state index contributed by atoms with van der Waals surface area (Å²) in [5, 5.41) is 0. The minimum Gasteiger partial charge on any atom is -0.399 e. The Morgan fingerprint density at radius 3 is 2.38 bits per heavy atom. The summed E-state index contributed by atoms with van der Waals surface area (Å²) >= 11 is 1.61. The van der Waals surface area contributed by atoms with Gasteiger partial charge in [0.2, 0.25) is 0 Å². The van der Waals surface area contributed by atoms with E-state index in [0.29, 0.717) is 0 Å². The summed E-state index contributed by atoms with van der Waals surface area (Å²) in [4.78, 5) is 2.16. The summed E-state index contributed by atoms with van der Waals surface area (Å²) in [7, 11) is 0. The number of hydrogen-bond acceptors (Lipinski definition) is 2. The Labute approximate surface area is 98.5 Å². The van der Waals surface area contributed by atoms with Crippen LogP contribution < -0.4 is 5.73 Å². The predicted octanol–water partition coefficient (Wildman–Crippen LogP) is 3.87. The van der Waals surface area contributed by atoms with Crippen molar-refractivity contribution in [2.24, 2.45) is 0 Å². The van der Waals surface area contributed by atoms with E-state index in [9.17, 15) is 4.39 Å². The van der Waals surface area contributed by atoms with Crippen LogP contribution in [0.5, 0.6) is 0 Å². The highest BCUT2D eigenvalue weighted by molar-refractivity contribution is 7.99. The lowest BCUT2D eigenvalue weighted by atomic mass is 10.2. The summed E-state index contributed by atoms with van der Waals surface area (Å²) in [6.45, 7) is 1.91. The smallest absolute Gasteiger partial charge is 0.123 e. The molecule has 0 aliphatic heterocycles.